The first-order valence-corrected chi connectivity index (χ1v) is 13.3. The molecular formula is C27H30IN3O5. The molecule has 0 radical (unpaired) electrons. The van der Waals surface area contributed by atoms with Crippen molar-refractivity contribution in [2.75, 3.05) is 19.0 Å². The molecular weight excluding hydrogens is 573 g/mol. The molecule has 0 atom stereocenters. The normalized spacial score (nSPS) is 26.1. The van der Waals surface area contributed by atoms with E-state index in [4.69, 9.17) is 14.6 Å². The summed E-state index contributed by atoms with van der Waals surface area (Å²) in [6, 6.07) is 11.3. The third-order valence-electron chi connectivity index (χ3n) is 7.76. The maximum absolute atomic E-state index is 12.4. The fourth-order valence-corrected chi connectivity index (χ4v) is 7.57. The highest BCUT2D eigenvalue weighted by Gasteiger charge is 2.51. The lowest BCUT2D eigenvalue weighted by Crippen LogP contribution is -2.48. The molecule has 2 aromatic rings. The second-order valence-corrected chi connectivity index (χ2v) is 11.5. The van der Waals surface area contributed by atoms with E-state index in [1.807, 2.05) is 34.7 Å². The van der Waals surface area contributed by atoms with E-state index in [9.17, 15) is 9.59 Å². The predicted octanol–water partition coefficient (Wildman–Crippen LogP) is 5.39. The third kappa shape index (κ3) is 5.30. The van der Waals surface area contributed by atoms with Crippen molar-refractivity contribution in [1.82, 2.24) is 5.43 Å². The number of amides is 2. The van der Waals surface area contributed by atoms with Crippen molar-refractivity contribution in [2.45, 2.75) is 43.9 Å². The first-order chi connectivity index (χ1) is 17.3. The maximum atomic E-state index is 12.4. The number of aliphatic carboxylic acids is 1. The summed E-state index contributed by atoms with van der Waals surface area (Å²) in [6.45, 7) is -0.467. The van der Waals surface area contributed by atoms with Crippen molar-refractivity contribution in [1.29, 1.82) is 0 Å². The standard InChI is InChI=1S/C27H30IN3O5/c1-35-23-10-19(9-22(28)25(23)36-15-24(32)33)14-29-31-26(34)30-21-4-2-20(3-5-21)27-11-16-6-17(12-27)8-18(7-16)13-27/h2-5,9-10,14,16-18H,6-8,11-13,15H2,1H3,(H,32,33)(H2,30,31,34)/b29-14+. The number of hydrogen-bond acceptors (Lipinski definition) is 5. The number of ether oxygens (including phenoxy) is 2. The summed E-state index contributed by atoms with van der Waals surface area (Å²) >= 11 is 2.03. The Morgan fingerprint density at radius 2 is 1.75 bits per heavy atom. The highest BCUT2D eigenvalue weighted by atomic mass is 127. The van der Waals surface area contributed by atoms with Gasteiger partial charge < -0.3 is 19.9 Å². The van der Waals surface area contributed by atoms with Gasteiger partial charge in [0.25, 0.3) is 0 Å². The molecule has 2 amide bonds. The molecule has 36 heavy (non-hydrogen) atoms. The van der Waals surface area contributed by atoms with Gasteiger partial charge in [0, 0.05) is 5.69 Å². The van der Waals surface area contributed by atoms with E-state index >= 15 is 0 Å². The number of benzene rings is 2. The molecule has 0 saturated heterocycles. The summed E-state index contributed by atoms with van der Waals surface area (Å²) in [4.78, 5) is 23.2. The minimum atomic E-state index is -1.07. The molecule has 6 rings (SSSR count). The number of carboxylic acids is 1. The van der Waals surface area contributed by atoms with Gasteiger partial charge >= 0.3 is 12.0 Å². The Morgan fingerprint density at radius 1 is 1.11 bits per heavy atom. The van der Waals surface area contributed by atoms with Crippen LogP contribution in [0.4, 0.5) is 10.5 Å². The number of methoxy groups -OCH3 is 1. The molecule has 0 unspecified atom stereocenters. The summed E-state index contributed by atoms with van der Waals surface area (Å²) in [5, 5.41) is 15.7. The Morgan fingerprint density at radius 3 is 2.33 bits per heavy atom. The zero-order valence-corrected chi connectivity index (χ0v) is 22.3. The zero-order chi connectivity index (χ0) is 25.3. The second-order valence-electron chi connectivity index (χ2n) is 10.3. The molecule has 0 spiro atoms. The maximum Gasteiger partial charge on any atom is 0.341 e. The average molecular weight is 603 g/mol. The van der Waals surface area contributed by atoms with E-state index in [0.717, 1.165) is 23.4 Å². The van der Waals surface area contributed by atoms with E-state index in [1.54, 1.807) is 12.1 Å². The molecule has 9 heteroatoms. The minimum Gasteiger partial charge on any atom is -0.493 e. The van der Waals surface area contributed by atoms with E-state index in [1.165, 1.54) is 57.4 Å². The van der Waals surface area contributed by atoms with Crippen molar-refractivity contribution >= 4 is 46.5 Å². The number of hydrazone groups is 1. The van der Waals surface area contributed by atoms with E-state index < -0.39 is 18.6 Å². The number of halogens is 1. The first-order valence-electron chi connectivity index (χ1n) is 12.3. The quantitative estimate of drug-likeness (QED) is 0.213. The number of urea groups is 1. The highest BCUT2D eigenvalue weighted by molar-refractivity contribution is 14.1. The molecule has 4 saturated carbocycles. The topological polar surface area (TPSA) is 109 Å². The van der Waals surface area contributed by atoms with Crippen LogP contribution >= 0.6 is 22.6 Å². The summed E-state index contributed by atoms with van der Waals surface area (Å²) < 4.78 is 11.3. The molecule has 8 nitrogen and oxygen atoms in total. The van der Waals surface area contributed by atoms with Crippen LogP contribution in [-0.2, 0) is 10.2 Å². The molecule has 4 aliphatic carbocycles. The van der Waals surface area contributed by atoms with Crippen LogP contribution in [0.5, 0.6) is 11.5 Å². The van der Waals surface area contributed by atoms with Gasteiger partial charge in [0.1, 0.15) is 0 Å². The lowest BCUT2D eigenvalue weighted by Gasteiger charge is -2.57. The molecule has 0 aromatic heterocycles. The van der Waals surface area contributed by atoms with Gasteiger partial charge in [0.05, 0.1) is 16.9 Å². The van der Waals surface area contributed by atoms with Crippen LogP contribution in [0.15, 0.2) is 41.5 Å². The van der Waals surface area contributed by atoms with Crippen LogP contribution in [0, 0.1) is 21.3 Å². The highest BCUT2D eigenvalue weighted by Crippen LogP contribution is 2.60. The number of hydrogen-bond donors (Lipinski definition) is 3. The number of carbonyl (C=O) groups is 2. The number of anilines is 1. The minimum absolute atomic E-state index is 0.340. The van der Waals surface area contributed by atoms with Crippen LogP contribution in [0.3, 0.4) is 0 Å². The summed E-state index contributed by atoms with van der Waals surface area (Å²) in [7, 11) is 1.47. The summed E-state index contributed by atoms with van der Waals surface area (Å²) in [6.07, 6.45) is 9.71. The van der Waals surface area contributed by atoms with E-state index in [-0.39, 0.29) is 0 Å². The lowest BCUT2D eigenvalue weighted by atomic mass is 9.48. The largest absolute Gasteiger partial charge is 0.493 e. The molecule has 0 aliphatic heterocycles. The zero-order valence-electron chi connectivity index (χ0n) is 20.1. The number of nitrogens with one attached hydrogen (secondary N) is 2. The van der Waals surface area contributed by atoms with Crippen molar-refractivity contribution in [2.24, 2.45) is 22.9 Å². The van der Waals surface area contributed by atoms with Crippen LogP contribution in [0.1, 0.15) is 49.7 Å². The number of carbonyl (C=O) groups excluding carboxylic acids is 1. The Labute approximate surface area is 224 Å². The van der Waals surface area contributed by atoms with Crippen molar-refractivity contribution < 1.29 is 24.2 Å². The van der Waals surface area contributed by atoms with Crippen LogP contribution < -0.4 is 20.2 Å². The van der Waals surface area contributed by atoms with Gasteiger partial charge in [-0.1, -0.05) is 12.1 Å². The fraction of sp³-hybridized carbons (Fsp3) is 0.444. The first kappa shape index (κ1) is 24.9. The second kappa shape index (κ2) is 10.3. The van der Waals surface area contributed by atoms with E-state index in [0.29, 0.717) is 26.0 Å². The molecule has 2 aromatic carbocycles. The van der Waals surface area contributed by atoms with E-state index in [2.05, 4.69) is 28.0 Å². The Balaban J connectivity index is 1.18. The van der Waals surface area contributed by atoms with Crippen molar-refractivity contribution in [3.8, 4) is 11.5 Å². The molecule has 0 heterocycles. The van der Waals surface area contributed by atoms with Crippen LogP contribution in [0.2, 0.25) is 0 Å². The number of rotatable bonds is 8. The predicted molar refractivity (Wildman–Crippen MR) is 145 cm³/mol. The van der Waals surface area contributed by atoms with Gasteiger partial charge in [-0.3, -0.25) is 0 Å². The Hall–Kier alpha value is -2.82. The Kier molecular flexibility index (Phi) is 7.09. The number of nitrogens with zero attached hydrogens (tertiary/aromatic N) is 1. The third-order valence-corrected chi connectivity index (χ3v) is 8.57. The van der Waals surface area contributed by atoms with Gasteiger partial charge in [-0.05, 0) is 120 Å². The van der Waals surface area contributed by atoms with Gasteiger partial charge in [-0.2, -0.15) is 5.10 Å². The average Bonchev–Trinajstić information content (AvgIpc) is 2.82. The lowest BCUT2D eigenvalue weighted by molar-refractivity contribution is -0.139. The molecule has 4 fully saturated rings. The fourth-order valence-electron chi connectivity index (χ4n) is 6.78. The summed E-state index contributed by atoms with van der Waals surface area (Å²) in [5.74, 6) is 2.35. The van der Waals surface area contributed by atoms with Gasteiger partial charge in [-0.25, -0.2) is 15.0 Å². The van der Waals surface area contributed by atoms with Crippen molar-refractivity contribution in [3.63, 3.8) is 0 Å². The monoisotopic (exact) mass is 603 g/mol. The smallest absolute Gasteiger partial charge is 0.341 e. The number of carboxylic acid groups (broad SMARTS) is 1. The van der Waals surface area contributed by atoms with Gasteiger partial charge in [0.15, 0.2) is 18.1 Å². The Bertz CT molecular complexity index is 1150. The molecule has 4 bridgehead atoms. The van der Waals surface area contributed by atoms with Crippen LogP contribution in [0.25, 0.3) is 0 Å². The van der Waals surface area contributed by atoms with Crippen LogP contribution in [-0.4, -0.2) is 37.0 Å². The summed E-state index contributed by atoms with van der Waals surface area (Å²) in [5.41, 5.74) is 5.64. The van der Waals surface area contributed by atoms with Crippen molar-refractivity contribution in [3.05, 3.63) is 51.1 Å². The SMILES string of the molecule is COc1cc(/C=N/NC(=O)Nc2ccc(C34CC5CC(CC(C5)C3)C4)cc2)cc(I)c1OCC(=O)O. The molecule has 3 N–H and O–H groups in total. The molecule has 4 aliphatic rings. The van der Waals surface area contributed by atoms with Gasteiger partial charge in [0.2, 0.25) is 0 Å². The van der Waals surface area contributed by atoms with Gasteiger partial charge in [-0.15, -0.1) is 0 Å². The molecule has 190 valence electrons.